The second-order valence-electron chi connectivity index (χ2n) is 4.90. The summed E-state index contributed by atoms with van der Waals surface area (Å²) in [5, 5.41) is 6.77. The Balaban J connectivity index is 1.59. The van der Waals surface area contributed by atoms with Gasteiger partial charge in [-0.3, -0.25) is 0 Å². The van der Waals surface area contributed by atoms with E-state index < -0.39 is 10.0 Å². The molecule has 0 bridgehead atoms. The topological polar surface area (TPSA) is 86.1 Å². The fraction of sp³-hybridized carbons (Fsp3) is 0.200. The lowest BCUT2D eigenvalue weighted by atomic mass is 10.3. The molecule has 0 saturated heterocycles. The van der Waals surface area contributed by atoms with Crippen LogP contribution in [0.15, 0.2) is 53.0 Å². The Morgan fingerprint density at radius 3 is 2.75 bits per heavy atom. The summed E-state index contributed by atoms with van der Waals surface area (Å²) in [7, 11) is -2.00. The first-order valence-corrected chi connectivity index (χ1v) is 9.53. The van der Waals surface area contributed by atoms with Crippen LogP contribution in [-0.2, 0) is 16.4 Å². The van der Waals surface area contributed by atoms with Gasteiger partial charge >= 0.3 is 0 Å². The molecule has 0 amide bonds. The third kappa shape index (κ3) is 3.81. The molecule has 2 heterocycles. The molecule has 0 spiro atoms. The van der Waals surface area contributed by atoms with Gasteiger partial charge in [0.2, 0.25) is 15.2 Å². The molecule has 24 heavy (non-hydrogen) atoms. The first kappa shape index (κ1) is 16.6. The molecule has 0 unspecified atom stereocenters. The molecule has 7 nitrogen and oxygen atoms in total. The Kier molecular flexibility index (Phi) is 4.93. The van der Waals surface area contributed by atoms with E-state index in [4.69, 9.17) is 4.74 Å². The number of hydrogen-bond donors (Lipinski definition) is 1. The fourth-order valence-electron chi connectivity index (χ4n) is 2.05. The van der Waals surface area contributed by atoms with Crippen molar-refractivity contribution in [3.05, 3.63) is 53.8 Å². The summed E-state index contributed by atoms with van der Waals surface area (Å²) in [6.45, 7) is 0.274. The zero-order valence-electron chi connectivity index (χ0n) is 12.9. The van der Waals surface area contributed by atoms with Gasteiger partial charge in [0, 0.05) is 30.7 Å². The van der Waals surface area contributed by atoms with Gasteiger partial charge < -0.3 is 4.74 Å². The van der Waals surface area contributed by atoms with Gasteiger partial charge in [-0.2, -0.15) is 5.10 Å². The largest absolute Gasteiger partial charge is 0.497 e. The number of rotatable bonds is 7. The Morgan fingerprint density at radius 2 is 2.08 bits per heavy atom. The first-order chi connectivity index (χ1) is 11.6. The molecule has 0 fully saturated rings. The van der Waals surface area contributed by atoms with Crippen molar-refractivity contribution in [1.82, 2.24) is 19.5 Å². The highest BCUT2D eigenvalue weighted by Crippen LogP contribution is 2.16. The number of nitrogens with zero attached hydrogens (tertiary/aromatic N) is 3. The first-order valence-electron chi connectivity index (χ1n) is 7.16. The van der Waals surface area contributed by atoms with Gasteiger partial charge in [-0.25, -0.2) is 22.8 Å². The Hall–Kier alpha value is -2.23. The summed E-state index contributed by atoms with van der Waals surface area (Å²) in [5.41, 5.74) is 0.822. The fourth-order valence-corrected chi connectivity index (χ4v) is 3.88. The van der Waals surface area contributed by atoms with Crippen LogP contribution in [0.5, 0.6) is 5.75 Å². The van der Waals surface area contributed by atoms with Gasteiger partial charge in [0.25, 0.3) is 0 Å². The maximum absolute atomic E-state index is 12.2. The molecule has 0 saturated carbocycles. The van der Waals surface area contributed by atoms with Crippen molar-refractivity contribution in [3.8, 4) is 10.9 Å². The molecule has 1 N–H and O–H groups in total. The van der Waals surface area contributed by atoms with E-state index in [-0.39, 0.29) is 11.4 Å². The van der Waals surface area contributed by atoms with Crippen molar-refractivity contribution >= 4 is 21.4 Å². The van der Waals surface area contributed by atoms with E-state index in [0.29, 0.717) is 12.2 Å². The molecule has 2 aromatic heterocycles. The van der Waals surface area contributed by atoms with E-state index in [9.17, 15) is 8.42 Å². The van der Waals surface area contributed by atoms with Crippen LogP contribution >= 0.6 is 11.3 Å². The monoisotopic (exact) mass is 364 g/mol. The lowest BCUT2D eigenvalue weighted by molar-refractivity contribution is 0.414. The molecular formula is C15H16N4O3S2. The van der Waals surface area contributed by atoms with E-state index in [2.05, 4.69) is 14.8 Å². The average Bonchev–Trinajstić information content (AvgIpc) is 3.26. The van der Waals surface area contributed by atoms with Gasteiger partial charge in [0.1, 0.15) is 5.75 Å². The summed E-state index contributed by atoms with van der Waals surface area (Å²) >= 11 is 1.46. The van der Waals surface area contributed by atoms with Crippen molar-refractivity contribution in [2.75, 3.05) is 13.7 Å². The van der Waals surface area contributed by atoms with E-state index in [1.54, 1.807) is 23.0 Å². The molecule has 3 aromatic rings. The van der Waals surface area contributed by atoms with Crippen molar-refractivity contribution in [2.45, 2.75) is 11.3 Å². The maximum atomic E-state index is 12.2. The van der Waals surface area contributed by atoms with Gasteiger partial charge in [-0.1, -0.05) is 0 Å². The van der Waals surface area contributed by atoms with Crippen LogP contribution < -0.4 is 9.46 Å². The number of ether oxygens (including phenoxy) is 1. The third-order valence-electron chi connectivity index (χ3n) is 3.28. The van der Waals surface area contributed by atoms with Crippen LogP contribution in [0.2, 0.25) is 0 Å². The molecular weight excluding hydrogens is 348 g/mol. The number of nitrogens with one attached hydrogen (secondary N) is 1. The molecule has 0 aliphatic carbocycles. The smallest absolute Gasteiger partial charge is 0.240 e. The second kappa shape index (κ2) is 7.12. The number of methoxy groups -OCH3 is 1. The summed E-state index contributed by atoms with van der Waals surface area (Å²) in [4.78, 5) is 4.64. The number of sulfonamides is 1. The van der Waals surface area contributed by atoms with E-state index >= 15 is 0 Å². The highest BCUT2D eigenvalue weighted by atomic mass is 32.2. The van der Waals surface area contributed by atoms with Crippen LogP contribution in [0.1, 0.15) is 5.69 Å². The van der Waals surface area contributed by atoms with Crippen molar-refractivity contribution < 1.29 is 13.2 Å². The molecule has 0 radical (unpaired) electrons. The zero-order chi connectivity index (χ0) is 17.0. The van der Waals surface area contributed by atoms with Gasteiger partial charge in [-0.15, -0.1) is 11.3 Å². The minimum absolute atomic E-state index is 0.207. The molecule has 3 rings (SSSR count). The zero-order valence-corrected chi connectivity index (χ0v) is 14.5. The van der Waals surface area contributed by atoms with Crippen LogP contribution in [0.3, 0.4) is 0 Å². The van der Waals surface area contributed by atoms with Crippen LogP contribution in [0.4, 0.5) is 0 Å². The lowest BCUT2D eigenvalue weighted by Crippen LogP contribution is -2.26. The maximum Gasteiger partial charge on any atom is 0.240 e. The summed E-state index contributed by atoms with van der Waals surface area (Å²) in [6, 6.07) is 8.08. The summed E-state index contributed by atoms with van der Waals surface area (Å²) < 4.78 is 33.7. The summed E-state index contributed by atoms with van der Waals surface area (Å²) in [6.07, 6.45) is 4.01. The number of thiazole rings is 1. The number of benzene rings is 1. The Morgan fingerprint density at radius 1 is 1.29 bits per heavy atom. The minimum Gasteiger partial charge on any atom is -0.497 e. The van der Waals surface area contributed by atoms with Crippen molar-refractivity contribution in [3.63, 3.8) is 0 Å². The van der Waals surface area contributed by atoms with E-state index in [1.165, 1.54) is 30.6 Å². The molecule has 0 aliphatic rings. The highest BCUT2D eigenvalue weighted by molar-refractivity contribution is 7.89. The van der Waals surface area contributed by atoms with E-state index in [0.717, 1.165) is 10.8 Å². The van der Waals surface area contributed by atoms with Gasteiger partial charge in [0.15, 0.2) is 0 Å². The highest BCUT2D eigenvalue weighted by Gasteiger charge is 2.14. The van der Waals surface area contributed by atoms with Crippen molar-refractivity contribution in [1.29, 1.82) is 0 Å². The molecule has 126 valence electrons. The SMILES string of the molecule is COc1ccc(S(=O)(=O)NCCc2csc(-n3cccn3)n2)cc1. The molecule has 0 atom stereocenters. The number of aromatic nitrogens is 3. The Labute approximate surface area is 144 Å². The quantitative estimate of drug-likeness (QED) is 0.691. The molecule has 1 aromatic carbocycles. The normalized spacial score (nSPS) is 11.5. The Bertz CT molecular complexity index is 887. The van der Waals surface area contributed by atoms with Crippen LogP contribution in [-0.4, -0.2) is 36.8 Å². The third-order valence-corrected chi connectivity index (χ3v) is 5.64. The van der Waals surface area contributed by atoms with Gasteiger partial charge in [-0.05, 0) is 30.3 Å². The van der Waals surface area contributed by atoms with Crippen LogP contribution in [0, 0.1) is 0 Å². The predicted molar refractivity (Wildman–Crippen MR) is 91.1 cm³/mol. The predicted octanol–water partition coefficient (Wildman–Crippen LogP) is 1.86. The van der Waals surface area contributed by atoms with Gasteiger partial charge in [0.05, 0.1) is 17.7 Å². The standard InChI is InChI=1S/C15H16N4O3S2/c1-22-13-3-5-14(6-4-13)24(20,21)17-9-7-12-11-23-15(18-12)19-10-2-8-16-19/h2-6,8,10-11,17H,7,9H2,1H3. The molecule has 9 heteroatoms. The average molecular weight is 364 g/mol. The lowest BCUT2D eigenvalue weighted by Gasteiger charge is -2.06. The van der Waals surface area contributed by atoms with E-state index in [1.807, 2.05) is 17.6 Å². The minimum atomic E-state index is -3.54. The van der Waals surface area contributed by atoms with Crippen LogP contribution in [0.25, 0.3) is 5.13 Å². The van der Waals surface area contributed by atoms with Crippen molar-refractivity contribution in [2.24, 2.45) is 0 Å². The summed E-state index contributed by atoms with van der Waals surface area (Å²) in [5.74, 6) is 0.613. The molecule has 0 aliphatic heterocycles. The second-order valence-corrected chi connectivity index (χ2v) is 7.50. The number of hydrogen-bond acceptors (Lipinski definition) is 6.